The van der Waals surface area contributed by atoms with Crippen LogP contribution in [0.1, 0.15) is 33.6 Å². The van der Waals surface area contributed by atoms with Crippen LogP contribution < -0.4 is 0 Å². The zero-order valence-electron chi connectivity index (χ0n) is 8.42. The quantitative estimate of drug-likeness (QED) is 0.483. The van der Waals surface area contributed by atoms with Crippen LogP contribution in [0.2, 0.25) is 0 Å². The van der Waals surface area contributed by atoms with Gasteiger partial charge in [-0.05, 0) is 26.2 Å². The zero-order chi connectivity index (χ0) is 10.1. The van der Waals surface area contributed by atoms with E-state index in [2.05, 4.69) is 0 Å². The Balaban J connectivity index is 2.75. The Hall–Kier alpha value is -0.860. The fraction of sp³-hybridized carbons (Fsp3) is 0.800. The van der Waals surface area contributed by atoms with Crippen molar-refractivity contribution in [3.63, 3.8) is 0 Å². The molecule has 0 aromatic heterocycles. The predicted molar refractivity (Wildman–Crippen MR) is 48.1 cm³/mol. The van der Waals surface area contributed by atoms with Gasteiger partial charge < -0.3 is 4.74 Å². The van der Waals surface area contributed by atoms with Gasteiger partial charge in [0.2, 0.25) is 0 Å². The standard InChI is InChI=1S/C10H16O3/c1-4-13-9(12)10(3)6-7(2)5-8(10)11/h7H,4-6H2,1-3H3. The molecule has 0 aromatic carbocycles. The topological polar surface area (TPSA) is 43.4 Å². The molecular formula is C10H16O3. The molecule has 0 bridgehead atoms. The molecule has 3 heteroatoms. The second-order valence-electron chi connectivity index (χ2n) is 3.99. The third-order valence-electron chi connectivity index (χ3n) is 2.63. The highest BCUT2D eigenvalue weighted by molar-refractivity contribution is 6.04. The smallest absolute Gasteiger partial charge is 0.319 e. The molecule has 0 aromatic rings. The maximum absolute atomic E-state index is 11.5. The van der Waals surface area contributed by atoms with Gasteiger partial charge in [0.25, 0.3) is 0 Å². The molecule has 0 saturated heterocycles. The number of carbonyl (C=O) groups excluding carboxylic acids is 2. The fourth-order valence-electron chi connectivity index (χ4n) is 1.91. The van der Waals surface area contributed by atoms with Crippen LogP contribution in [0, 0.1) is 11.3 Å². The van der Waals surface area contributed by atoms with Crippen LogP contribution >= 0.6 is 0 Å². The highest BCUT2D eigenvalue weighted by Crippen LogP contribution is 2.39. The molecule has 13 heavy (non-hydrogen) atoms. The number of ether oxygens (including phenoxy) is 1. The predicted octanol–water partition coefficient (Wildman–Crippen LogP) is 1.55. The van der Waals surface area contributed by atoms with E-state index < -0.39 is 5.41 Å². The van der Waals surface area contributed by atoms with Crippen molar-refractivity contribution in [1.29, 1.82) is 0 Å². The fourth-order valence-corrected chi connectivity index (χ4v) is 1.91. The average molecular weight is 184 g/mol. The van der Waals surface area contributed by atoms with E-state index in [1.54, 1.807) is 13.8 Å². The van der Waals surface area contributed by atoms with E-state index in [0.717, 1.165) is 0 Å². The van der Waals surface area contributed by atoms with Crippen molar-refractivity contribution in [2.24, 2.45) is 11.3 Å². The highest BCUT2D eigenvalue weighted by atomic mass is 16.5. The first kappa shape index (κ1) is 10.2. The summed E-state index contributed by atoms with van der Waals surface area (Å²) in [5.74, 6) is -0.0234. The molecule has 1 saturated carbocycles. The van der Waals surface area contributed by atoms with Crippen LogP contribution in [-0.4, -0.2) is 18.4 Å². The van der Waals surface area contributed by atoms with Crippen LogP contribution in [0.5, 0.6) is 0 Å². The monoisotopic (exact) mass is 184 g/mol. The van der Waals surface area contributed by atoms with Crippen LogP contribution in [-0.2, 0) is 14.3 Å². The molecule has 3 nitrogen and oxygen atoms in total. The van der Waals surface area contributed by atoms with Crippen molar-refractivity contribution in [3.05, 3.63) is 0 Å². The van der Waals surface area contributed by atoms with Crippen LogP contribution in [0.4, 0.5) is 0 Å². The van der Waals surface area contributed by atoms with Gasteiger partial charge in [0.15, 0.2) is 0 Å². The Morgan fingerprint density at radius 1 is 1.69 bits per heavy atom. The Kier molecular flexibility index (Phi) is 2.74. The number of carbonyl (C=O) groups is 2. The molecule has 0 heterocycles. The zero-order valence-corrected chi connectivity index (χ0v) is 8.42. The molecule has 2 unspecified atom stereocenters. The molecule has 74 valence electrons. The van der Waals surface area contributed by atoms with Gasteiger partial charge in [-0.15, -0.1) is 0 Å². The summed E-state index contributed by atoms with van der Waals surface area (Å²) in [5, 5.41) is 0. The summed E-state index contributed by atoms with van der Waals surface area (Å²) < 4.78 is 4.89. The molecule has 1 aliphatic carbocycles. The number of hydrogen-bond donors (Lipinski definition) is 0. The van der Waals surface area contributed by atoms with Gasteiger partial charge in [-0.25, -0.2) is 0 Å². The van der Waals surface area contributed by atoms with Crippen molar-refractivity contribution in [2.45, 2.75) is 33.6 Å². The van der Waals surface area contributed by atoms with E-state index in [1.807, 2.05) is 6.92 Å². The van der Waals surface area contributed by atoms with Gasteiger partial charge in [-0.1, -0.05) is 6.92 Å². The van der Waals surface area contributed by atoms with E-state index in [4.69, 9.17) is 4.74 Å². The maximum atomic E-state index is 11.5. The van der Waals surface area contributed by atoms with Crippen molar-refractivity contribution >= 4 is 11.8 Å². The molecular weight excluding hydrogens is 168 g/mol. The number of Topliss-reactive ketones (excluding diaryl/α,β-unsaturated/α-hetero) is 1. The average Bonchev–Trinajstić information content (AvgIpc) is 2.28. The van der Waals surface area contributed by atoms with Gasteiger partial charge in [0, 0.05) is 6.42 Å². The van der Waals surface area contributed by atoms with E-state index in [9.17, 15) is 9.59 Å². The van der Waals surface area contributed by atoms with E-state index in [0.29, 0.717) is 25.4 Å². The minimum Gasteiger partial charge on any atom is -0.465 e. The first-order chi connectivity index (χ1) is 6.00. The molecule has 1 rings (SSSR count). The van der Waals surface area contributed by atoms with E-state index in [-0.39, 0.29) is 11.8 Å². The third kappa shape index (κ3) is 1.74. The van der Waals surface area contributed by atoms with Crippen molar-refractivity contribution < 1.29 is 14.3 Å². The van der Waals surface area contributed by atoms with Gasteiger partial charge in [-0.3, -0.25) is 9.59 Å². The molecule has 2 atom stereocenters. The number of ketones is 1. The lowest BCUT2D eigenvalue weighted by atomic mass is 9.87. The lowest BCUT2D eigenvalue weighted by molar-refractivity contribution is -0.157. The van der Waals surface area contributed by atoms with Gasteiger partial charge in [-0.2, -0.15) is 0 Å². The Morgan fingerprint density at radius 2 is 2.31 bits per heavy atom. The normalized spacial score (nSPS) is 33.5. The molecule has 1 aliphatic rings. The highest BCUT2D eigenvalue weighted by Gasteiger charge is 2.48. The second-order valence-corrected chi connectivity index (χ2v) is 3.99. The molecule has 0 spiro atoms. The van der Waals surface area contributed by atoms with Gasteiger partial charge in [0.1, 0.15) is 11.2 Å². The third-order valence-corrected chi connectivity index (χ3v) is 2.63. The summed E-state index contributed by atoms with van der Waals surface area (Å²) >= 11 is 0. The lowest BCUT2D eigenvalue weighted by Gasteiger charge is -2.19. The SMILES string of the molecule is CCOC(=O)C1(C)CC(C)CC1=O. The maximum Gasteiger partial charge on any atom is 0.319 e. The second kappa shape index (κ2) is 3.48. The Labute approximate surface area is 78.5 Å². The molecule has 0 radical (unpaired) electrons. The lowest BCUT2D eigenvalue weighted by Crippen LogP contribution is -2.33. The molecule has 0 N–H and O–H groups in total. The van der Waals surface area contributed by atoms with Crippen LogP contribution in [0.25, 0.3) is 0 Å². The van der Waals surface area contributed by atoms with Crippen LogP contribution in [0.15, 0.2) is 0 Å². The van der Waals surface area contributed by atoms with Crippen molar-refractivity contribution in [3.8, 4) is 0 Å². The minimum absolute atomic E-state index is 0.0263. The summed E-state index contributed by atoms with van der Waals surface area (Å²) in [4.78, 5) is 23.0. The first-order valence-corrected chi connectivity index (χ1v) is 4.71. The van der Waals surface area contributed by atoms with Gasteiger partial charge >= 0.3 is 5.97 Å². The number of hydrogen-bond acceptors (Lipinski definition) is 3. The first-order valence-electron chi connectivity index (χ1n) is 4.71. The Morgan fingerprint density at radius 3 is 2.69 bits per heavy atom. The summed E-state index contributed by atoms with van der Waals surface area (Å²) in [5.41, 5.74) is -0.866. The van der Waals surface area contributed by atoms with Crippen molar-refractivity contribution in [2.75, 3.05) is 6.61 Å². The molecule has 0 aliphatic heterocycles. The van der Waals surface area contributed by atoms with Gasteiger partial charge in [0.05, 0.1) is 6.61 Å². The number of esters is 1. The summed E-state index contributed by atoms with van der Waals surface area (Å²) in [6.45, 7) is 5.78. The summed E-state index contributed by atoms with van der Waals surface area (Å²) in [6.07, 6.45) is 1.14. The Bertz CT molecular complexity index is 234. The molecule has 0 amide bonds. The summed E-state index contributed by atoms with van der Waals surface area (Å²) in [6, 6.07) is 0. The van der Waals surface area contributed by atoms with Crippen LogP contribution in [0.3, 0.4) is 0 Å². The van der Waals surface area contributed by atoms with E-state index in [1.165, 1.54) is 0 Å². The van der Waals surface area contributed by atoms with E-state index >= 15 is 0 Å². The number of rotatable bonds is 2. The van der Waals surface area contributed by atoms with Crippen molar-refractivity contribution in [1.82, 2.24) is 0 Å². The minimum atomic E-state index is -0.866. The summed E-state index contributed by atoms with van der Waals surface area (Å²) in [7, 11) is 0. The molecule has 1 fully saturated rings. The largest absolute Gasteiger partial charge is 0.465 e.